The van der Waals surface area contributed by atoms with Crippen LogP contribution < -0.4 is 10.6 Å². The summed E-state index contributed by atoms with van der Waals surface area (Å²) in [6, 6.07) is 13.0. The highest BCUT2D eigenvalue weighted by Crippen LogP contribution is 2.34. The summed E-state index contributed by atoms with van der Waals surface area (Å²) in [5.74, 6) is -1.64. The number of anilines is 1. The molecule has 0 bridgehead atoms. The van der Waals surface area contributed by atoms with Crippen molar-refractivity contribution in [2.45, 2.75) is 38.3 Å². The van der Waals surface area contributed by atoms with Crippen LogP contribution in [0.1, 0.15) is 31.2 Å². The predicted molar refractivity (Wildman–Crippen MR) is 140 cm³/mol. The third-order valence-electron chi connectivity index (χ3n) is 6.44. The largest absolute Gasteiger partial charge is 0.352 e. The molecule has 5 rings (SSSR count). The Kier molecular flexibility index (Phi) is 7.09. The normalized spacial score (nSPS) is 17.2. The molecule has 2 N–H and O–H groups in total. The van der Waals surface area contributed by atoms with Gasteiger partial charge in [-0.05, 0) is 61.0 Å². The summed E-state index contributed by atoms with van der Waals surface area (Å²) < 4.78 is 14.9. The Labute approximate surface area is 216 Å². The number of imide groups is 1. The molecular weight excluding hydrogens is 495 g/mol. The van der Waals surface area contributed by atoms with E-state index in [9.17, 15) is 23.6 Å². The highest BCUT2D eigenvalue weighted by Gasteiger charge is 2.36. The van der Waals surface area contributed by atoms with Gasteiger partial charge in [0.25, 0.3) is 11.1 Å². The van der Waals surface area contributed by atoms with Crippen molar-refractivity contribution < 1.29 is 23.6 Å². The lowest BCUT2D eigenvalue weighted by Crippen LogP contribution is -2.36. The van der Waals surface area contributed by atoms with Crippen LogP contribution in [-0.4, -0.2) is 45.0 Å². The summed E-state index contributed by atoms with van der Waals surface area (Å²) >= 11 is 0.760. The van der Waals surface area contributed by atoms with Crippen LogP contribution in [0.5, 0.6) is 0 Å². The second-order valence-corrected chi connectivity index (χ2v) is 10.1. The minimum atomic E-state index is -0.569. The zero-order chi connectivity index (χ0) is 25.9. The summed E-state index contributed by atoms with van der Waals surface area (Å²) in [6.07, 6.45) is 7.68. The van der Waals surface area contributed by atoms with Crippen molar-refractivity contribution in [3.63, 3.8) is 0 Å². The fourth-order valence-corrected chi connectivity index (χ4v) is 5.50. The zero-order valence-corrected chi connectivity index (χ0v) is 20.7. The second-order valence-electron chi connectivity index (χ2n) is 9.10. The lowest BCUT2D eigenvalue weighted by Gasteiger charge is -2.12. The topological polar surface area (TPSA) is 101 Å². The highest BCUT2D eigenvalue weighted by atomic mass is 32.2. The van der Waals surface area contributed by atoms with E-state index in [-0.39, 0.29) is 23.4 Å². The molecule has 2 fully saturated rings. The third-order valence-corrected chi connectivity index (χ3v) is 7.35. The molecule has 0 spiro atoms. The molecule has 1 saturated heterocycles. The third kappa shape index (κ3) is 5.59. The van der Waals surface area contributed by atoms with Gasteiger partial charge in [-0.3, -0.25) is 24.1 Å². The number of halogens is 1. The van der Waals surface area contributed by atoms with E-state index in [1.807, 2.05) is 28.8 Å². The van der Waals surface area contributed by atoms with Crippen LogP contribution in [0.4, 0.5) is 14.9 Å². The van der Waals surface area contributed by atoms with Crippen molar-refractivity contribution in [1.82, 2.24) is 14.8 Å². The highest BCUT2D eigenvalue weighted by molar-refractivity contribution is 8.18. The van der Waals surface area contributed by atoms with E-state index in [4.69, 9.17) is 0 Å². The standard InChI is InChI=1S/C27H25FN4O4S/c28-18-9-11-20(12-10-18)30-25(34)16-32-26(35)23(37-27(32)36)13-17-14-31(22-8-4-3-7-21(17)22)15-24(33)29-19-5-1-2-6-19/h3-4,7-14,19H,1-2,5-6,15-16H2,(H,29,33)(H,30,34)/b23-13-. The molecule has 1 aromatic heterocycles. The first-order valence-corrected chi connectivity index (χ1v) is 12.9. The van der Waals surface area contributed by atoms with E-state index >= 15 is 0 Å². The van der Waals surface area contributed by atoms with Gasteiger partial charge in [0, 0.05) is 34.4 Å². The molecule has 0 atom stereocenters. The fourth-order valence-electron chi connectivity index (χ4n) is 4.67. The van der Waals surface area contributed by atoms with Crippen LogP contribution in [0.3, 0.4) is 0 Å². The predicted octanol–water partition coefficient (Wildman–Crippen LogP) is 4.51. The number of nitrogens with zero attached hydrogens (tertiary/aromatic N) is 2. The minimum Gasteiger partial charge on any atom is -0.352 e. The van der Waals surface area contributed by atoms with E-state index in [0.29, 0.717) is 11.3 Å². The first-order chi connectivity index (χ1) is 17.9. The van der Waals surface area contributed by atoms with Gasteiger partial charge in [-0.2, -0.15) is 0 Å². The molecular formula is C27H25FN4O4S. The first kappa shape index (κ1) is 24.8. The summed E-state index contributed by atoms with van der Waals surface area (Å²) in [6.45, 7) is -0.307. The maximum Gasteiger partial charge on any atom is 0.294 e. The van der Waals surface area contributed by atoms with E-state index in [2.05, 4.69) is 10.6 Å². The van der Waals surface area contributed by atoms with Crippen molar-refractivity contribution in [3.8, 4) is 0 Å². The number of hydrogen-bond acceptors (Lipinski definition) is 5. The SMILES string of the molecule is O=C(CN1C(=O)S/C(=C\c2cn(CC(=O)NC3CCCC3)c3ccccc23)C1=O)Nc1ccc(F)cc1. The van der Waals surface area contributed by atoms with Gasteiger partial charge >= 0.3 is 0 Å². The number of fused-ring (bicyclic) bond motifs is 1. The van der Waals surface area contributed by atoms with Crippen molar-refractivity contribution in [2.75, 3.05) is 11.9 Å². The summed E-state index contributed by atoms with van der Waals surface area (Å²) in [4.78, 5) is 51.6. The number of para-hydroxylation sites is 1. The quantitative estimate of drug-likeness (QED) is 0.447. The molecule has 1 aliphatic carbocycles. The number of amides is 4. The van der Waals surface area contributed by atoms with Crippen LogP contribution in [0.15, 0.2) is 59.6 Å². The molecule has 2 heterocycles. The summed E-state index contributed by atoms with van der Waals surface area (Å²) in [5.41, 5.74) is 1.90. The zero-order valence-electron chi connectivity index (χ0n) is 19.9. The molecule has 190 valence electrons. The molecule has 2 aromatic carbocycles. The maximum absolute atomic E-state index is 13.1. The summed E-state index contributed by atoms with van der Waals surface area (Å²) in [5, 5.41) is 5.94. The average Bonchev–Trinajstić information content (AvgIpc) is 3.57. The number of carbonyl (C=O) groups excluding carboxylic acids is 4. The smallest absolute Gasteiger partial charge is 0.294 e. The van der Waals surface area contributed by atoms with Crippen LogP contribution in [0.25, 0.3) is 17.0 Å². The lowest BCUT2D eigenvalue weighted by atomic mass is 10.1. The van der Waals surface area contributed by atoms with Crippen LogP contribution in [0, 0.1) is 5.82 Å². The number of carbonyl (C=O) groups is 4. The second kappa shape index (κ2) is 10.6. The van der Waals surface area contributed by atoms with Crippen LogP contribution in [-0.2, 0) is 20.9 Å². The molecule has 0 unspecified atom stereocenters. The number of benzene rings is 2. The van der Waals surface area contributed by atoms with E-state index < -0.39 is 29.4 Å². The Morgan fingerprint density at radius 1 is 1.00 bits per heavy atom. The molecule has 37 heavy (non-hydrogen) atoms. The van der Waals surface area contributed by atoms with Gasteiger partial charge in [-0.15, -0.1) is 0 Å². The molecule has 4 amide bonds. The van der Waals surface area contributed by atoms with Crippen LogP contribution in [0.2, 0.25) is 0 Å². The number of rotatable bonds is 7. The van der Waals surface area contributed by atoms with Gasteiger partial charge in [-0.25, -0.2) is 4.39 Å². The van der Waals surface area contributed by atoms with Gasteiger partial charge in [0.05, 0.1) is 4.91 Å². The molecule has 0 radical (unpaired) electrons. The number of hydrogen-bond donors (Lipinski definition) is 2. The van der Waals surface area contributed by atoms with Crippen molar-refractivity contribution in [1.29, 1.82) is 0 Å². The van der Waals surface area contributed by atoms with E-state index in [0.717, 1.165) is 53.2 Å². The molecule has 10 heteroatoms. The Hall–Kier alpha value is -3.92. The van der Waals surface area contributed by atoms with Gasteiger partial charge in [-0.1, -0.05) is 31.0 Å². The van der Waals surface area contributed by atoms with Crippen LogP contribution >= 0.6 is 11.8 Å². The van der Waals surface area contributed by atoms with Crippen molar-refractivity contribution in [3.05, 3.63) is 71.0 Å². The maximum atomic E-state index is 13.1. The minimum absolute atomic E-state index is 0.0632. The van der Waals surface area contributed by atoms with Gasteiger partial charge in [0.2, 0.25) is 11.8 Å². The molecule has 8 nitrogen and oxygen atoms in total. The Morgan fingerprint density at radius 2 is 1.73 bits per heavy atom. The lowest BCUT2D eigenvalue weighted by molar-refractivity contribution is -0.127. The Morgan fingerprint density at radius 3 is 2.49 bits per heavy atom. The first-order valence-electron chi connectivity index (χ1n) is 12.1. The molecule has 1 aliphatic heterocycles. The van der Waals surface area contributed by atoms with Crippen molar-refractivity contribution in [2.24, 2.45) is 0 Å². The van der Waals surface area contributed by atoms with Crippen molar-refractivity contribution >= 4 is 57.4 Å². The number of nitrogens with one attached hydrogen (secondary N) is 2. The number of thioether (sulfide) groups is 1. The van der Waals surface area contributed by atoms with E-state index in [1.165, 1.54) is 24.3 Å². The Bertz CT molecular complexity index is 1410. The fraction of sp³-hybridized carbons (Fsp3) is 0.259. The summed E-state index contributed by atoms with van der Waals surface area (Å²) in [7, 11) is 0. The molecule has 3 aromatic rings. The molecule has 2 aliphatic rings. The Balaban J connectivity index is 1.31. The number of aromatic nitrogens is 1. The van der Waals surface area contributed by atoms with Gasteiger partial charge < -0.3 is 15.2 Å². The average molecular weight is 521 g/mol. The van der Waals surface area contributed by atoms with Gasteiger partial charge in [0.15, 0.2) is 0 Å². The monoisotopic (exact) mass is 520 g/mol. The van der Waals surface area contributed by atoms with E-state index in [1.54, 1.807) is 12.3 Å². The van der Waals surface area contributed by atoms with Gasteiger partial charge in [0.1, 0.15) is 18.9 Å². The molecule has 1 saturated carbocycles.